The number of carbonyl (C=O) groups is 4. The van der Waals surface area contributed by atoms with Crippen molar-refractivity contribution in [2.75, 3.05) is 23.7 Å². The van der Waals surface area contributed by atoms with Gasteiger partial charge in [-0.2, -0.15) is 0 Å². The van der Waals surface area contributed by atoms with E-state index < -0.39 is 30.9 Å². The lowest BCUT2D eigenvalue weighted by Crippen LogP contribution is -2.53. The zero-order chi connectivity index (χ0) is 30.3. The van der Waals surface area contributed by atoms with Crippen LogP contribution in [0.1, 0.15) is 15.9 Å². The first-order chi connectivity index (χ1) is 20.8. The summed E-state index contributed by atoms with van der Waals surface area (Å²) in [6, 6.07) is 25.7. The number of amides is 4. The average Bonchev–Trinajstić information content (AvgIpc) is 3.15. The van der Waals surface area contributed by atoms with Gasteiger partial charge in [-0.25, -0.2) is 0 Å². The first kappa shape index (κ1) is 29.8. The van der Waals surface area contributed by atoms with Gasteiger partial charge in [0.2, 0.25) is 11.8 Å². The fraction of sp³-hybridized carbons (Fsp3) is 0.161. The van der Waals surface area contributed by atoms with E-state index in [1.807, 2.05) is 54.6 Å². The average molecular weight is 596 g/mol. The van der Waals surface area contributed by atoms with Gasteiger partial charge in [-0.3, -0.25) is 19.2 Å². The third-order valence-corrected chi connectivity index (χ3v) is 8.16. The Kier molecular flexibility index (Phi) is 9.40. The van der Waals surface area contributed by atoms with Crippen molar-refractivity contribution in [1.82, 2.24) is 16.0 Å². The second-order valence-electron chi connectivity index (χ2n) is 9.92. The predicted molar refractivity (Wildman–Crippen MR) is 166 cm³/mol. The van der Waals surface area contributed by atoms with E-state index >= 15 is 0 Å². The highest BCUT2D eigenvalue weighted by Gasteiger charge is 2.33. The number of rotatable bonds is 9. The molecule has 5 rings (SSSR count). The molecule has 218 valence electrons. The summed E-state index contributed by atoms with van der Waals surface area (Å²) in [5, 5.41) is 28.6. The van der Waals surface area contributed by atoms with E-state index in [1.54, 1.807) is 12.1 Å². The van der Waals surface area contributed by atoms with Crippen molar-refractivity contribution >= 4 is 64.4 Å². The number of para-hydroxylation sites is 1. The Hall–Kier alpha value is -4.65. The molecule has 0 saturated heterocycles. The van der Waals surface area contributed by atoms with Crippen LogP contribution in [0, 0.1) is 0 Å². The van der Waals surface area contributed by atoms with E-state index in [1.165, 1.54) is 40.9 Å². The zero-order valence-corrected chi connectivity index (χ0v) is 23.8. The number of carbonyl (C=O) groups excluding carboxylic acids is 4. The normalized spacial score (nSPS) is 14.4. The van der Waals surface area contributed by atoms with Crippen LogP contribution in [0.2, 0.25) is 0 Å². The molecule has 0 bridgehead atoms. The molecule has 4 amide bonds. The third-order valence-electron chi connectivity index (χ3n) is 7.00. The smallest absolute Gasteiger partial charge is 0.423 e. The molecule has 0 saturated carbocycles. The summed E-state index contributed by atoms with van der Waals surface area (Å²) < 4.78 is 0. The number of nitrogens with zero attached hydrogens (tertiary/aromatic N) is 1. The SMILES string of the molecule is O=C(CN1C(=O)C(NC(=O)CNC(=O)c2ccc(B(O)O)cc2)CSc2ccccc21)NCc1cccc2ccccc12. The van der Waals surface area contributed by atoms with Gasteiger partial charge < -0.3 is 30.9 Å². The van der Waals surface area contributed by atoms with Crippen molar-refractivity contribution in [3.63, 3.8) is 0 Å². The first-order valence-corrected chi connectivity index (χ1v) is 14.6. The summed E-state index contributed by atoms with van der Waals surface area (Å²) in [5.41, 5.74) is 2.00. The lowest BCUT2D eigenvalue weighted by Gasteiger charge is -2.25. The highest BCUT2D eigenvalue weighted by molar-refractivity contribution is 7.99. The fourth-order valence-corrected chi connectivity index (χ4v) is 5.85. The summed E-state index contributed by atoms with van der Waals surface area (Å²) in [4.78, 5) is 54.2. The van der Waals surface area contributed by atoms with Crippen molar-refractivity contribution in [3.05, 3.63) is 102 Å². The summed E-state index contributed by atoms with van der Waals surface area (Å²) in [6.07, 6.45) is 0. The molecule has 4 aromatic carbocycles. The number of benzene rings is 4. The van der Waals surface area contributed by atoms with Crippen molar-refractivity contribution in [1.29, 1.82) is 0 Å². The molecule has 0 spiro atoms. The molecule has 0 aromatic heterocycles. The Labute approximate surface area is 252 Å². The Morgan fingerprint density at radius 1 is 0.860 bits per heavy atom. The van der Waals surface area contributed by atoms with E-state index in [-0.39, 0.29) is 35.8 Å². The van der Waals surface area contributed by atoms with Gasteiger partial charge in [-0.15, -0.1) is 11.8 Å². The number of hydrogen-bond acceptors (Lipinski definition) is 7. The van der Waals surface area contributed by atoms with Crippen LogP contribution in [0.25, 0.3) is 10.8 Å². The second-order valence-corrected chi connectivity index (χ2v) is 11.0. The molecule has 0 fully saturated rings. The van der Waals surface area contributed by atoms with Crippen LogP contribution in [-0.4, -0.2) is 65.7 Å². The van der Waals surface area contributed by atoms with Gasteiger partial charge in [0.1, 0.15) is 12.6 Å². The largest absolute Gasteiger partial charge is 0.488 e. The quantitative estimate of drug-likeness (QED) is 0.182. The molecule has 10 nitrogen and oxygen atoms in total. The fourth-order valence-electron chi connectivity index (χ4n) is 4.77. The topological polar surface area (TPSA) is 148 Å². The van der Waals surface area contributed by atoms with Crippen LogP contribution in [0.5, 0.6) is 0 Å². The maximum atomic E-state index is 13.7. The molecular weight excluding hydrogens is 567 g/mol. The lowest BCUT2D eigenvalue weighted by molar-refractivity contribution is -0.127. The highest BCUT2D eigenvalue weighted by atomic mass is 32.2. The molecule has 1 unspecified atom stereocenters. The van der Waals surface area contributed by atoms with Gasteiger partial charge in [-0.1, -0.05) is 66.7 Å². The van der Waals surface area contributed by atoms with Crippen molar-refractivity contribution in [2.45, 2.75) is 17.5 Å². The van der Waals surface area contributed by atoms with E-state index in [2.05, 4.69) is 16.0 Å². The Morgan fingerprint density at radius 3 is 2.37 bits per heavy atom. The molecule has 1 atom stereocenters. The van der Waals surface area contributed by atoms with Crippen LogP contribution in [0.15, 0.2) is 95.9 Å². The summed E-state index contributed by atoms with van der Waals surface area (Å²) in [5.74, 6) is -1.64. The Balaban J connectivity index is 1.22. The lowest BCUT2D eigenvalue weighted by atomic mass is 9.80. The summed E-state index contributed by atoms with van der Waals surface area (Å²) in [6.45, 7) is -0.319. The van der Waals surface area contributed by atoms with Crippen LogP contribution in [-0.2, 0) is 20.9 Å². The minimum Gasteiger partial charge on any atom is -0.423 e. The van der Waals surface area contributed by atoms with Crippen molar-refractivity contribution in [3.8, 4) is 0 Å². The van der Waals surface area contributed by atoms with Crippen LogP contribution >= 0.6 is 11.8 Å². The Morgan fingerprint density at radius 2 is 1.58 bits per heavy atom. The summed E-state index contributed by atoms with van der Waals surface area (Å²) >= 11 is 1.39. The maximum absolute atomic E-state index is 13.7. The van der Waals surface area contributed by atoms with E-state index in [4.69, 9.17) is 0 Å². The van der Waals surface area contributed by atoms with Gasteiger partial charge in [0.05, 0.1) is 12.2 Å². The molecule has 5 N–H and O–H groups in total. The molecular formula is C31H29BN4O6S. The predicted octanol–water partition coefficient (Wildman–Crippen LogP) is 1.19. The number of thioether (sulfide) groups is 1. The van der Waals surface area contributed by atoms with Gasteiger partial charge in [0, 0.05) is 22.8 Å². The van der Waals surface area contributed by atoms with Crippen LogP contribution < -0.4 is 26.3 Å². The number of nitrogens with one attached hydrogen (secondary N) is 3. The van der Waals surface area contributed by atoms with E-state index in [9.17, 15) is 29.2 Å². The van der Waals surface area contributed by atoms with Crippen molar-refractivity contribution in [2.24, 2.45) is 0 Å². The molecule has 1 aliphatic rings. The standard InChI is InChI=1S/C31H29BN4O6S/c37-28(17-34-30(39)21-12-14-23(15-13-21)32(41)42)35-25-19-43-27-11-4-3-10-26(27)36(31(25)40)18-29(38)33-16-22-8-5-7-20-6-1-2-9-24(20)22/h1-15,25,41-42H,16-19H2,(H,33,38)(H,34,39)(H,35,37). The maximum Gasteiger partial charge on any atom is 0.488 e. The van der Waals surface area contributed by atoms with Crippen LogP contribution in [0.3, 0.4) is 0 Å². The third kappa shape index (κ3) is 7.23. The number of anilines is 1. The molecule has 12 heteroatoms. The van der Waals surface area contributed by atoms with E-state index in [0.29, 0.717) is 12.2 Å². The second kappa shape index (κ2) is 13.6. The Bertz CT molecular complexity index is 1660. The van der Waals surface area contributed by atoms with Gasteiger partial charge in [0.15, 0.2) is 0 Å². The van der Waals surface area contributed by atoms with E-state index in [0.717, 1.165) is 21.2 Å². The number of fused-ring (bicyclic) bond motifs is 2. The molecule has 1 heterocycles. The minimum atomic E-state index is -1.65. The van der Waals surface area contributed by atoms with Gasteiger partial charge in [-0.05, 0) is 46.1 Å². The first-order valence-electron chi connectivity index (χ1n) is 13.6. The van der Waals surface area contributed by atoms with Crippen molar-refractivity contribution < 1.29 is 29.2 Å². The van der Waals surface area contributed by atoms with Crippen LogP contribution in [0.4, 0.5) is 5.69 Å². The number of hydrogen-bond donors (Lipinski definition) is 5. The minimum absolute atomic E-state index is 0.228. The zero-order valence-electron chi connectivity index (χ0n) is 23.0. The molecule has 43 heavy (non-hydrogen) atoms. The van der Waals surface area contributed by atoms with Gasteiger partial charge in [0.25, 0.3) is 11.8 Å². The molecule has 1 aliphatic heterocycles. The molecule has 4 aromatic rings. The van der Waals surface area contributed by atoms with Gasteiger partial charge >= 0.3 is 7.12 Å². The molecule has 0 aliphatic carbocycles. The highest BCUT2D eigenvalue weighted by Crippen LogP contribution is 2.34. The summed E-state index contributed by atoms with van der Waals surface area (Å²) in [7, 11) is -1.65. The molecule has 0 radical (unpaired) electrons. The monoisotopic (exact) mass is 596 g/mol.